The van der Waals surface area contributed by atoms with E-state index in [0.717, 1.165) is 18.4 Å². The molecule has 136 valence electrons. The van der Waals surface area contributed by atoms with Gasteiger partial charge in [-0.1, -0.05) is 0 Å². The summed E-state index contributed by atoms with van der Waals surface area (Å²) in [6.45, 7) is 2.26. The van der Waals surface area contributed by atoms with E-state index in [0.29, 0.717) is 36.9 Å². The van der Waals surface area contributed by atoms with Crippen LogP contribution in [0.4, 0.5) is 15.8 Å². The summed E-state index contributed by atoms with van der Waals surface area (Å²) in [4.78, 5) is 13.0. The Balaban J connectivity index is 1.64. The maximum atomic E-state index is 14.2. The predicted molar refractivity (Wildman–Crippen MR) is 90.9 cm³/mol. The quantitative estimate of drug-likeness (QED) is 0.667. The highest BCUT2D eigenvalue weighted by atomic mass is 19.1. The Morgan fingerprint density at radius 2 is 2.08 bits per heavy atom. The summed E-state index contributed by atoms with van der Waals surface area (Å²) in [7, 11) is 0. The Morgan fingerprint density at radius 1 is 1.40 bits per heavy atom. The van der Waals surface area contributed by atoms with E-state index in [4.69, 9.17) is 4.74 Å². The molecule has 1 saturated heterocycles. The van der Waals surface area contributed by atoms with Crippen molar-refractivity contribution in [2.75, 3.05) is 24.6 Å². The average molecular weight is 350 g/mol. The summed E-state index contributed by atoms with van der Waals surface area (Å²) in [5.74, 6) is 1.24. The van der Waals surface area contributed by atoms with Crippen LogP contribution in [0.3, 0.4) is 0 Å². The third-order valence-electron chi connectivity index (χ3n) is 5.96. The molecule has 1 aromatic rings. The highest BCUT2D eigenvalue weighted by molar-refractivity contribution is 5.69. The number of nitrogens with zero attached hydrogens (tertiary/aromatic N) is 2. The van der Waals surface area contributed by atoms with Crippen molar-refractivity contribution in [2.24, 2.45) is 5.92 Å². The highest BCUT2D eigenvalue weighted by Gasteiger charge is 2.48. The molecule has 0 radical (unpaired) electrons. The van der Waals surface area contributed by atoms with Crippen molar-refractivity contribution >= 4 is 11.4 Å². The number of fused-ring (bicyclic) bond motifs is 1. The van der Waals surface area contributed by atoms with Gasteiger partial charge in [0, 0.05) is 50.0 Å². The molecule has 4 rings (SSSR count). The molecule has 2 aliphatic heterocycles. The maximum Gasteiger partial charge on any atom is 0.293 e. The Kier molecular flexibility index (Phi) is 3.68. The van der Waals surface area contributed by atoms with Gasteiger partial charge < -0.3 is 14.7 Å². The number of halogens is 1. The fraction of sp³-hybridized carbons (Fsp3) is 0.667. The topological polar surface area (TPSA) is 75.8 Å². The largest absolute Gasteiger partial charge is 0.487 e. The van der Waals surface area contributed by atoms with Crippen LogP contribution in [0.15, 0.2) is 12.1 Å². The number of aliphatic hydroxyl groups excluding tert-OH is 1. The van der Waals surface area contributed by atoms with Crippen LogP contribution in [0.1, 0.15) is 38.2 Å². The molecule has 25 heavy (non-hydrogen) atoms. The van der Waals surface area contributed by atoms with E-state index in [1.165, 1.54) is 0 Å². The fourth-order valence-electron chi connectivity index (χ4n) is 4.13. The number of anilines is 1. The van der Waals surface area contributed by atoms with Gasteiger partial charge in [-0.2, -0.15) is 0 Å². The summed E-state index contributed by atoms with van der Waals surface area (Å²) in [6.07, 6.45) is 3.32. The zero-order valence-corrected chi connectivity index (χ0v) is 14.3. The van der Waals surface area contributed by atoms with Crippen molar-refractivity contribution in [1.82, 2.24) is 0 Å². The summed E-state index contributed by atoms with van der Waals surface area (Å²) < 4.78 is 20.4. The molecule has 2 fully saturated rings. The van der Waals surface area contributed by atoms with Crippen LogP contribution < -0.4 is 9.64 Å². The van der Waals surface area contributed by atoms with Crippen LogP contribution in [-0.4, -0.2) is 41.0 Å². The molecule has 1 saturated carbocycles. The molecule has 0 bridgehead atoms. The second kappa shape index (κ2) is 5.56. The Bertz CT molecular complexity index is 713. The van der Waals surface area contributed by atoms with E-state index in [1.54, 1.807) is 12.1 Å². The first-order valence-corrected chi connectivity index (χ1v) is 8.89. The van der Waals surface area contributed by atoms with E-state index >= 15 is 0 Å². The van der Waals surface area contributed by atoms with Crippen molar-refractivity contribution in [3.8, 4) is 5.75 Å². The number of nitro benzene ring substituents is 1. The molecule has 1 aromatic carbocycles. The van der Waals surface area contributed by atoms with Crippen LogP contribution in [0.2, 0.25) is 0 Å². The van der Waals surface area contributed by atoms with Crippen molar-refractivity contribution in [3.63, 3.8) is 0 Å². The van der Waals surface area contributed by atoms with E-state index < -0.39 is 12.3 Å². The molecule has 1 N–H and O–H groups in total. The SMILES string of the molecule is CC1(C2CC2)Cc2cc([N+](=O)[O-])c(N3CCC(F)(CO)CC3)cc2O1. The number of benzene rings is 1. The number of aliphatic hydroxyl groups is 1. The van der Waals surface area contributed by atoms with Gasteiger partial charge in [-0.05, 0) is 25.7 Å². The Morgan fingerprint density at radius 3 is 2.64 bits per heavy atom. The lowest BCUT2D eigenvalue weighted by molar-refractivity contribution is -0.384. The van der Waals surface area contributed by atoms with Crippen LogP contribution >= 0.6 is 0 Å². The Hall–Kier alpha value is -1.89. The fourth-order valence-corrected chi connectivity index (χ4v) is 4.13. The second-order valence-corrected chi connectivity index (χ2v) is 7.87. The van der Waals surface area contributed by atoms with E-state index in [9.17, 15) is 19.6 Å². The molecule has 2 heterocycles. The number of alkyl halides is 1. The highest BCUT2D eigenvalue weighted by Crippen LogP contribution is 2.51. The minimum absolute atomic E-state index is 0.0535. The van der Waals surface area contributed by atoms with Gasteiger partial charge in [0.15, 0.2) is 0 Å². The number of hydrogen-bond donors (Lipinski definition) is 1. The summed E-state index contributed by atoms with van der Waals surface area (Å²) >= 11 is 0. The van der Waals surface area contributed by atoms with Crippen LogP contribution in [0.25, 0.3) is 0 Å². The standard InChI is InChI=1S/C18H23FN2O4/c1-17(13-2-3-13)10-12-8-15(21(23)24)14(9-16(12)25-17)20-6-4-18(19,11-22)5-7-20/h8-9,13,22H,2-7,10-11H2,1H3. The van der Waals surface area contributed by atoms with Crippen molar-refractivity contribution in [3.05, 3.63) is 27.8 Å². The number of ether oxygens (including phenoxy) is 1. The van der Waals surface area contributed by atoms with Gasteiger partial charge in [-0.25, -0.2) is 4.39 Å². The van der Waals surface area contributed by atoms with Gasteiger partial charge >= 0.3 is 0 Å². The summed E-state index contributed by atoms with van der Waals surface area (Å²) in [6, 6.07) is 3.38. The molecule has 1 unspecified atom stereocenters. The zero-order chi connectivity index (χ0) is 17.8. The first-order valence-electron chi connectivity index (χ1n) is 8.89. The molecule has 7 heteroatoms. The molecular weight excluding hydrogens is 327 g/mol. The molecule has 3 aliphatic rings. The molecule has 6 nitrogen and oxygen atoms in total. The smallest absolute Gasteiger partial charge is 0.293 e. The molecule has 0 aromatic heterocycles. The first-order chi connectivity index (χ1) is 11.8. The minimum atomic E-state index is -1.58. The van der Waals surface area contributed by atoms with Crippen LogP contribution in [0.5, 0.6) is 5.75 Å². The van der Waals surface area contributed by atoms with Crippen LogP contribution in [-0.2, 0) is 6.42 Å². The predicted octanol–water partition coefficient (Wildman–Crippen LogP) is 3.00. The van der Waals surface area contributed by atoms with Crippen molar-refractivity contribution < 1.29 is 19.2 Å². The van der Waals surface area contributed by atoms with Crippen molar-refractivity contribution in [1.29, 1.82) is 0 Å². The van der Waals surface area contributed by atoms with Gasteiger partial charge in [0.25, 0.3) is 5.69 Å². The van der Waals surface area contributed by atoms with E-state index in [2.05, 4.69) is 6.92 Å². The lowest BCUT2D eigenvalue weighted by Gasteiger charge is -2.36. The normalized spacial score (nSPS) is 27.7. The molecule has 1 aliphatic carbocycles. The van der Waals surface area contributed by atoms with Crippen LogP contribution in [0, 0.1) is 16.0 Å². The molecule has 0 amide bonds. The second-order valence-electron chi connectivity index (χ2n) is 7.87. The van der Waals surface area contributed by atoms with Gasteiger partial charge in [0.2, 0.25) is 0 Å². The maximum absolute atomic E-state index is 14.2. The first kappa shape index (κ1) is 16.6. The van der Waals surface area contributed by atoms with Gasteiger partial charge in [0.1, 0.15) is 22.7 Å². The number of nitro groups is 1. The van der Waals surface area contributed by atoms with E-state index in [1.807, 2.05) is 4.90 Å². The lowest BCUT2D eigenvalue weighted by Crippen LogP contribution is -2.44. The number of piperidine rings is 1. The minimum Gasteiger partial charge on any atom is -0.487 e. The van der Waals surface area contributed by atoms with Gasteiger partial charge in [-0.15, -0.1) is 0 Å². The van der Waals surface area contributed by atoms with Gasteiger partial charge in [-0.3, -0.25) is 10.1 Å². The lowest BCUT2D eigenvalue weighted by atomic mass is 9.92. The van der Waals surface area contributed by atoms with E-state index in [-0.39, 0.29) is 29.1 Å². The zero-order valence-electron chi connectivity index (χ0n) is 14.3. The molecule has 0 spiro atoms. The number of hydrogen-bond acceptors (Lipinski definition) is 5. The summed E-state index contributed by atoms with van der Waals surface area (Å²) in [5.41, 5.74) is -0.413. The monoisotopic (exact) mass is 350 g/mol. The van der Waals surface area contributed by atoms with Gasteiger partial charge in [0.05, 0.1) is 11.5 Å². The van der Waals surface area contributed by atoms with Crippen molar-refractivity contribution in [2.45, 2.75) is 50.3 Å². The average Bonchev–Trinajstić information content (AvgIpc) is 3.38. The Labute approximate surface area is 145 Å². The summed E-state index contributed by atoms with van der Waals surface area (Å²) in [5, 5.41) is 20.7. The number of rotatable bonds is 4. The third-order valence-corrected chi connectivity index (χ3v) is 5.96. The molecule has 1 atom stereocenters. The molecular formula is C18H23FN2O4. The third kappa shape index (κ3) is 2.84.